The minimum absolute atomic E-state index is 0.0180. The zero-order valence-corrected chi connectivity index (χ0v) is 15.4. The van der Waals surface area contributed by atoms with Crippen molar-refractivity contribution in [3.63, 3.8) is 0 Å². The third-order valence-electron chi connectivity index (χ3n) is 4.80. The second-order valence-electron chi connectivity index (χ2n) is 6.74. The van der Waals surface area contributed by atoms with Gasteiger partial charge >= 0.3 is 0 Å². The normalized spacial score (nSPS) is 16.8. The van der Waals surface area contributed by atoms with Gasteiger partial charge < -0.3 is 20.0 Å². The number of benzene rings is 1. The van der Waals surface area contributed by atoms with E-state index in [1.807, 2.05) is 42.2 Å². The fourth-order valence-electron chi connectivity index (χ4n) is 3.38. The summed E-state index contributed by atoms with van der Waals surface area (Å²) in [6.45, 7) is 5.41. The van der Waals surface area contributed by atoms with E-state index in [2.05, 4.69) is 10.3 Å². The van der Waals surface area contributed by atoms with Crippen LogP contribution in [0.3, 0.4) is 0 Å². The molecule has 2 aromatic rings. The maximum atomic E-state index is 12.4. The zero-order valence-electron chi connectivity index (χ0n) is 15.4. The third-order valence-corrected chi connectivity index (χ3v) is 4.80. The number of carbonyl (C=O) groups excluding carboxylic acids is 1. The van der Waals surface area contributed by atoms with Gasteiger partial charge in [-0.2, -0.15) is 0 Å². The summed E-state index contributed by atoms with van der Waals surface area (Å²) in [6.07, 6.45) is 2.59. The van der Waals surface area contributed by atoms with Gasteiger partial charge in [0.25, 0.3) is 0 Å². The number of likely N-dealkylation sites (tertiary alicyclic amines) is 1. The quantitative estimate of drug-likeness (QED) is 0.592. The average Bonchev–Trinajstić information content (AvgIpc) is 3.26. The Hall–Kier alpha value is -2.47. The molecule has 1 atom stereocenters. The first-order chi connectivity index (χ1) is 12.6. The van der Waals surface area contributed by atoms with E-state index < -0.39 is 0 Å². The molecule has 1 aromatic heterocycles. The fraction of sp³-hybridized carbons (Fsp3) is 0.450. The van der Waals surface area contributed by atoms with Gasteiger partial charge in [-0.25, -0.2) is 4.98 Å². The number of nitrogens with zero attached hydrogens (tertiary/aromatic N) is 2. The van der Waals surface area contributed by atoms with E-state index >= 15 is 0 Å². The fourth-order valence-corrected chi connectivity index (χ4v) is 3.38. The lowest BCUT2D eigenvalue weighted by atomic mass is 10.1. The number of rotatable bonds is 7. The van der Waals surface area contributed by atoms with Crippen LogP contribution in [0, 0.1) is 12.3 Å². The lowest BCUT2D eigenvalue weighted by Gasteiger charge is -2.24. The van der Waals surface area contributed by atoms with Gasteiger partial charge in [0.15, 0.2) is 0 Å². The number of hydrogen-bond acceptors (Lipinski definition) is 5. The number of hydrogen-bond donors (Lipinski definition) is 2. The first-order valence-electron chi connectivity index (χ1n) is 9.13. The van der Waals surface area contributed by atoms with Crippen LogP contribution in [0.5, 0.6) is 0 Å². The summed E-state index contributed by atoms with van der Waals surface area (Å²) in [6, 6.07) is 9.82. The number of carbonyl (C=O) groups is 1. The van der Waals surface area contributed by atoms with Crippen molar-refractivity contribution in [2.75, 3.05) is 19.6 Å². The van der Waals surface area contributed by atoms with Gasteiger partial charge in [0, 0.05) is 30.8 Å². The minimum atomic E-state index is -0.0180. The summed E-state index contributed by atoms with van der Waals surface area (Å²) in [4.78, 5) is 18.8. The summed E-state index contributed by atoms with van der Waals surface area (Å²) in [5.41, 5.74) is 2.45. The van der Waals surface area contributed by atoms with E-state index in [4.69, 9.17) is 9.83 Å². The third kappa shape index (κ3) is 4.19. The molecule has 0 saturated carbocycles. The van der Waals surface area contributed by atoms with Gasteiger partial charge in [0.05, 0.1) is 18.3 Å². The Bertz CT molecular complexity index is 769. The van der Waals surface area contributed by atoms with E-state index in [9.17, 15) is 4.79 Å². The Morgan fingerprint density at radius 2 is 2.15 bits per heavy atom. The van der Waals surface area contributed by atoms with Crippen molar-refractivity contribution in [3.05, 3.63) is 41.8 Å². The highest BCUT2D eigenvalue weighted by Crippen LogP contribution is 2.21. The summed E-state index contributed by atoms with van der Waals surface area (Å²) >= 11 is 0. The second-order valence-corrected chi connectivity index (χ2v) is 6.74. The van der Waals surface area contributed by atoms with Gasteiger partial charge in [-0.15, -0.1) is 0 Å². The molecule has 3 rings (SSSR count). The number of aryl methyl sites for hydroxylation is 1. The molecule has 1 saturated heterocycles. The predicted molar refractivity (Wildman–Crippen MR) is 101 cm³/mol. The van der Waals surface area contributed by atoms with Crippen LogP contribution in [0.4, 0.5) is 0 Å². The lowest BCUT2D eigenvalue weighted by molar-refractivity contribution is -0.130. The molecule has 26 heavy (non-hydrogen) atoms. The molecule has 0 spiro atoms. The van der Waals surface area contributed by atoms with Crippen LogP contribution < -0.4 is 5.32 Å². The van der Waals surface area contributed by atoms with Crippen LogP contribution in [0.2, 0.25) is 0 Å². The maximum absolute atomic E-state index is 12.4. The van der Waals surface area contributed by atoms with Crippen LogP contribution in [-0.4, -0.2) is 47.2 Å². The highest BCUT2D eigenvalue weighted by Gasteiger charge is 2.29. The summed E-state index contributed by atoms with van der Waals surface area (Å²) in [5.74, 6) is 1.52. The largest absolute Gasteiger partial charge is 0.441 e. The molecule has 1 unspecified atom stereocenters. The molecule has 1 amide bonds. The van der Waals surface area contributed by atoms with Gasteiger partial charge in [0.2, 0.25) is 11.8 Å². The summed E-state index contributed by atoms with van der Waals surface area (Å²) in [5, 5.41) is 11.0. The highest BCUT2D eigenvalue weighted by atomic mass is 16.4. The summed E-state index contributed by atoms with van der Waals surface area (Å²) < 4.78 is 5.76. The Labute approximate surface area is 154 Å². The van der Waals surface area contributed by atoms with E-state index in [0.717, 1.165) is 36.4 Å². The number of oxazole rings is 1. The SMILES string of the molecule is CC(=N)C1CCCN1C(=O)CNCCc1nc(-c2ccccc2)oc1C. The Morgan fingerprint density at radius 1 is 1.38 bits per heavy atom. The van der Waals surface area contributed by atoms with Crippen molar-refractivity contribution in [3.8, 4) is 11.5 Å². The topological polar surface area (TPSA) is 82.2 Å². The van der Waals surface area contributed by atoms with Gasteiger partial charge in [0.1, 0.15) is 5.76 Å². The minimum Gasteiger partial charge on any atom is -0.441 e. The Morgan fingerprint density at radius 3 is 2.88 bits per heavy atom. The molecule has 138 valence electrons. The molecule has 0 radical (unpaired) electrons. The standard InChI is InChI=1S/C20H26N4O2/c1-14(21)18-9-6-12-24(18)19(25)13-22-11-10-17-15(2)26-20(23-17)16-7-4-3-5-8-16/h3-5,7-8,18,21-22H,6,9-13H2,1-2H3. The van der Waals surface area contributed by atoms with E-state index in [1.54, 1.807) is 6.92 Å². The Kier molecular flexibility index (Phi) is 5.83. The molecule has 1 aromatic carbocycles. The Balaban J connectivity index is 1.49. The molecular formula is C20H26N4O2. The van der Waals surface area contributed by atoms with Crippen molar-refractivity contribution in [2.24, 2.45) is 0 Å². The molecule has 0 bridgehead atoms. The lowest BCUT2D eigenvalue weighted by Crippen LogP contribution is -2.44. The van der Waals surface area contributed by atoms with Crippen LogP contribution in [0.15, 0.2) is 34.7 Å². The van der Waals surface area contributed by atoms with Crippen molar-refractivity contribution in [1.82, 2.24) is 15.2 Å². The molecule has 1 aliphatic heterocycles. The van der Waals surface area contributed by atoms with E-state index in [-0.39, 0.29) is 11.9 Å². The van der Waals surface area contributed by atoms with Crippen molar-refractivity contribution in [2.45, 2.75) is 39.2 Å². The van der Waals surface area contributed by atoms with Crippen LogP contribution in [-0.2, 0) is 11.2 Å². The van der Waals surface area contributed by atoms with Crippen molar-refractivity contribution < 1.29 is 9.21 Å². The predicted octanol–water partition coefficient (Wildman–Crippen LogP) is 2.81. The molecular weight excluding hydrogens is 328 g/mol. The van der Waals surface area contributed by atoms with Gasteiger partial charge in [-0.1, -0.05) is 18.2 Å². The smallest absolute Gasteiger partial charge is 0.237 e. The zero-order chi connectivity index (χ0) is 18.5. The van der Waals surface area contributed by atoms with Crippen LogP contribution in [0.25, 0.3) is 11.5 Å². The molecule has 6 heteroatoms. The van der Waals surface area contributed by atoms with E-state index in [1.165, 1.54) is 0 Å². The first kappa shape index (κ1) is 18.3. The van der Waals surface area contributed by atoms with Crippen LogP contribution >= 0.6 is 0 Å². The molecule has 1 aliphatic rings. The van der Waals surface area contributed by atoms with Crippen molar-refractivity contribution in [1.29, 1.82) is 5.41 Å². The molecule has 2 N–H and O–H groups in total. The summed E-state index contributed by atoms with van der Waals surface area (Å²) in [7, 11) is 0. The van der Waals surface area contributed by atoms with Crippen LogP contribution in [0.1, 0.15) is 31.2 Å². The number of nitrogens with one attached hydrogen (secondary N) is 2. The molecule has 6 nitrogen and oxygen atoms in total. The number of aromatic nitrogens is 1. The molecule has 2 heterocycles. The highest BCUT2D eigenvalue weighted by molar-refractivity contribution is 5.90. The molecule has 0 aliphatic carbocycles. The monoisotopic (exact) mass is 354 g/mol. The molecule has 1 fully saturated rings. The maximum Gasteiger partial charge on any atom is 0.237 e. The van der Waals surface area contributed by atoms with Gasteiger partial charge in [-0.05, 0) is 38.8 Å². The average molecular weight is 354 g/mol. The number of amides is 1. The van der Waals surface area contributed by atoms with Crippen molar-refractivity contribution >= 4 is 11.6 Å². The first-order valence-corrected chi connectivity index (χ1v) is 9.13. The second kappa shape index (κ2) is 8.27. The van der Waals surface area contributed by atoms with E-state index in [0.29, 0.717) is 31.1 Å². The van der Waals surface area contributed by atoms with Gasteiger partial charge in [-0.3, -0.25) is 4.79 Å².